The molecule has 1 aliphatic heterocycles. The molecule has 0 radical (unpaired) electrons. The highest BCUT2D eigenvalue weighted by Crippen LogP contribution is 2.60. The van der Waals surface area contributed by atoms with Gasteiger partial charge >= 0.3 is 0 Å². The summed E-state index contributed by atoms with van der Waals surface area (Å²) in [5.74, 6) is 4.52. The molecule has 70 valence electrons. The molecule has 0 aromatic rings. The molecule has 0 spiro atoms. The zero-order chi connectivity index (χ0) is 8.47. The van der Waals surface area contributed by atoms with E-state index in [1.165, 1.54) is 44.4 Å². The van der Waals surface area contributed by atoms with Crippen molar-refractivity contribution in [3.05, 3.63) is 0 Å². The van der Waals surface area contributed by atoms with E-state index < -0.39 is 0 Å². The molecule has 4 aliphatic carbocycles. The van der Waals surface area contributed by atoms with E-state index >= 15 is 0 Å². The van der Waals surface area contributed by atoms with Crippen LogP contribution in [0.4, 0.5) is 0 Å². The monoisotopic (exact) mass is 176 g/mol. The van der Waals surface area contributed by atoms with Gasteiger partial charge in [-0.2, -0.15) is 5.10 Å². The summed E-state index contributed by atoms with van der Waals surface area (Å²) >= 11 is 0. The number of hydrogen-bond donors (Lipinski definition) is 1. The first-order chi connectivity index (χ1) is 6.34. The summed E-state index contributed by atoms with van der Waals surface area (Å²) in [6.45, 7) is 0. The van der Waals surface area contributed by atoms with E-state index in [1.54, 1.807) is 0 Å². The molecule has 0 atom stereocenters. The summed E-state index contributed by atoms with van der Waals surface area (Å²) in [5.41, 5.74) is 3.68. The Morgan fingerprint density at radius 3 is 1.85 bits per heavy atom. The van der Waals surface area contributed by atoms with Gasteiger partial charge in [0.15, 0.2) is 0 Å². The number of nitrogens with one attached hydrogen (secondary N) is 1. The number of nitrogens with zero attached hydrogens (tertiary/aromatic N) is 1. The molecule has 4 saturated carbocycles. The average Bonchev–Trinajstić information content (AvgIpc) is 2.81. The third kappa shape index (κ3) is 0.818. The lowest BCUT2D eigenvalue weighted by Gasteiger charge is -2.55. The Labute approximate surface area is 78.8 Å². The minimum Gasteiger partial charge on any atom is -0.261 e. The van der Waals surface area contributed by atoms with Crippen LogP contribution < -0.4 is 5.43 Å². The van der Waals surface area contributed by atoms with Gasteiger partial charge in [-0.3, -0.25) is 5.43 Å². The normalized spacial score (nSPS) is 56.0. The van der Waals surface area contributed by atoms with Crippen molar-refractivity contribution >= 4 is 5.84 Å². The molecule has 4 bridgehead atoms. The van der Waals surface area contributed by atoms with Crippen molar-refractivity contribution in [1.29, 1.82) is 0 Å². The highest BCUT2D eigenvalue weighted by Gasteiger charge is 2.55. The molecule has 0 amide bonds. The molecule has 1 heterocycles. The number of hydrogen-bond acceptors (Lipinski definition) is 2. The van der Waals surface area contributed by atoms with Gasteiger partial charge in [-0.15, -0.1) is 0 Å². The van der Waals surface area contributed by atoms with Crippen LogP contribution in [0.25, 0.3) is 0 Å². The van der Waals surface area contributed by atoms with Crippen molar-refractivity contribution in [2.75, 3.05) is 0 Å². The van der Waals surface area contributed by atoms with Gasteiger partial charge in [0, 0.05) is 5.41 Å². The van der Waals surface area contributed by atoms with Gasteiger partial charge < -0.3 is 0 Å². The molecule has 2 heteroatoms. The lowest BCUT2D eigenvalue weighted by Crippen LogP contribution is -2.49. The molecule has 2 nitrogen and oxygen atoms in total. The topological polar surface area (TPSA) is 34.3 Å². The van der Waals surface area contributed by atoms with Crippen molar-refractivity contribution in [3.63, 3.8) is 0 Å². The second-order valence-electron chi connectivity index (χ2n) is 5.77. The Kier molecular flexibility index (Phi) is 1.02. The maximum atomic E-state index is 4.26. The molecule has 0 aromatic heterocycles. The number of amidine groups is 1. The standard InChI is InChI=1S/C11H16N2/c1-7-2-9-3-8(1)5-11(4-7,6-9)10-12-13-10/h7-9H,1-6H2,(H,12,13). The van der Waals surface area contributed by atoms with Gasteiger partial charge in [-0.1, -0.05) is 0 Å². The zero-order valence-corrected chi connectivity index (χ0v) is 7.92. The maximum absolute atomic E-state index is 4.26. The first kappa shape index (κ1) is 6.86. The summed E-state index contributed by atoms with van der Waals surface area (Å²) in [5, 5.41) is 4.26. The molecule has 0 unspecified atom stereocenters. The van der Waals surface area contributed by atoms with Gasteiger partial charge in [0.25, 0.3) is 0 Å². The summed E-state index contributed by atoms with van der Waals surface area (Å²) in [6.07, 6.45) is 8.95. The van der Waals surface area contributed by atoms with E-state index in [0.29, 0.717) is 5.41 Å². The van der Waals surface area contributed by atoms with E-state index in [-0.39, 0.29) is 0 Å². The van der Waals surface area contributed by atoms with Crippen molar-refractivity contribution in [3.8, 4) is 0 Å². The van der Waals surface area contributed by atoms with Crippen LogP contribution in [-0.4, -0.2) is 5.84 Å². The van der Waals surface area contributed by atoms with E-state index in [9.17, 15) is 0 Å². The minimum atomic E-state index is 0.550. The predicted octanol–water partition coefficient (Wildman–Crippen LogP) is 2.12. The van der Waals surface area contributed by atoms with E-state index in [4.69, 9.17) is 0 Å². The van der Waals surface area contributed by atoms with Crippen LogP contribution in [0.5, 0.6) is 0 Å². The Balaban J connectivity index is 1.75. The molecule has 0 aromatic carbocycles. The highest BCUT2D eigenvalue weighted by atomic mass is 15.5. The summed E-state index contributed by atoms with van der Waals surface area (Å²) in [7, 11) is 0. The Bertz CT molecular complexity index is 257. The van der Waals surface area contributed by atoms with E-state index in [2.05, 4.69) is 10.5 Å². The molecular weight excluding hydrogens is 160 g/mol. The van der Waals surface area contributed by atoms with Gasteiger partial charge in [-0.25, -0.2) is 0 Å². The van der Waals surface area contributed by atoms with Gasteiger partial charge in [-0.05, 0) is 56.3 Å². The van der Waals surface area contributed by atoms with Crippen LogP contribution in [-0.2, 0) is 0 Å². The summed E-state index contributed by atoms with van der Waals surface area (Å²) < 4.78 is 0. The second-order valence-corrected chi connectivity index (χ2v) is 5.77. The molecule has 5 aliphatic rings. The smallest absolute Gasteiger partial charge is 0.149 e. The third-order valence-corrected chi connectivity index (χ3v) is 4.76. The Morgan fingerprint density at radius 1 is 1.00 bits per heavy atom. The largest absolute Gasteiger partial charge is 0.261 e. The van der Waals surface area contributed by atoms with E-state index in [0.717, 1.165) is 17.8 Å². The Hall–Kier alpha value is -0.530. The lowest BCUT2D eigenvalue weighted by atomic mass is 9.49. The van der Waals surface area contributed by atoms with Crippen molar-refractivity contribution in [2.45, 2.75) is 38.5 Å². The minimum absolute atomic E-state index is 0.550. The van der Waals surface area contributed by atoms with Crippen LogP contribution in [0.1, 0.15) is 38.5 Å². The predicted molar refractivity (Wildman–Crippen MR) is 51.2 cm³/mol. The van der Waals surface area contributed by atoms with E-state index in [1.807, 2.05) is 0 Å². The first-order valence-electron chi connectivity index (χ1n) is 5.68. The fourth-order valence-corrected chi connectivity index (χ4v) is 4.67. The third-order valence-electron chi connectivity index (χ3n) is 4.76. The van der Waals surface area contributed by atoms with Crippen LogP contribution in [0.2, 0.25) is 0 Å². The SMILES string of the molecule is C1C2CC3CC1CC(C1=NN1)(C2)C3. The van der Waals surface area contributed by atoms with Gasteiger partial charge in [0.05, 0.1) is 0 Å². The van der Waals surface area contributed by atoms with Crippen LogP contribution in [0, 0.1) is 23.2 Å². The Morgan fingerprint density at radius 2 is 1.46 bits per heavy atom. The summed E-state index contributed by atoms with van der Waals surface area (Å²) in [6, 6.07) is 0. The fourth-order valence-electron chi connectivity index (χ4n) is 4.67. The fraction of sp³-hybridized carbons (Fsp3) is 0.909. The molecule has 5 rings (SSSR count). The molecular formula is C11H16N2. The highest BCUT2D eigenvalue weighted by molar-refractivity contribution is 5.96. The number of hydrazone groups is 1. The van der Waals surface area contributed by atoms with Crippen LogP contribution in [0.3, 0.4) is 0 Å². The molecule has 4 fully saturated rings. The molecule has 0 saturated heterocycles. The second kappa shape index (κ2) is 1.94. The quantitative estimate of drug-likeness (QED) is 0.652. The lowest BCUT2D eigenvalue weighted by molar-refractivity contribution is -0.0114. The summed E-state index contributed by atoms with van der Waals surface area (Å²) in [4.78, 5) is 0. The first-order valence-corrected chi connectivity index (χ1v) is 5.68. The van der Waals surface area contributed by atoms with Crippen molar-refractivity contribution in [2.24, 2.45) is 28.3 Å². The zero-order valence-electron chi connectivity index (χ0n) is 7.92. The van der Waals surface area contributed by atoms with Crippen LogP contribution in [0.15, 0.2) is 5.10 Å². The van der Waals surface area contributed by atoms with Crippen molar-refractivity contribution in [1.82, 2.24) is 5.43 Å². The van der Waals surface area contributed by atoms with Gasteiger partial charge in [0.2, 0.25) is 0 Å². The number of rotatable bonds is 1. The van der Waals surface area contributed by atoms with Crippen LogP contribution >= 0.6 is 0 Å². The molecule has 13 heavy (non-hydrogen) atoms. The van der Waals surface area contributed by atoms with Gasteiger partial charge in [0.1, 0.15) is 5.84 Å². The van der Waals surface area contributed by atoms with Crippen molar-refractivity contribution < 1.29 is 0 Å². The molecule has 1 N–H and O–H groups in total. The average molecular weight is 176 g/mol. The maximum Gasteiger partial charge on any atom is 0.149 e.